The maximum atomic E-state index is 12.7. The number of hydrogen-bond donors (Lipinski definition) is 13. The maximum Gasteiger partial charge on any atom is 0.330 e. The molecule has 11 unspecified atom stereocenters. The highest BCUT2D eigenvalue weighted by atomic mass is 16.7. The Morgan fingerprint density at radius 3 is 1.79 bits per heavy atom. The SMILES string of the molecule is O=C(O)CC(=O)OC[C@@H]1O[C@H](OC2CC(O)CC3OC(C4CC(O)C(O)C(O)C4)C(O[C@H]4O[C@@H](COC(=O)C=CC5CCC(O)C(O)C5)[C@H](O)[C@H](O)[C@@H]4O)CC32)[C@@H](O)[C@H](O)[C@H]1OC(=O)CC(=O)O. The lowest BCUT2D eigenvalue weighted by atomic mass is 9.72. The van der Waals surface area contributed by atoms with Crippen LogP contribution in [0.4, 0.5) is 0 Å². The lowest BCUT2D eigenvalue weighted by molar-refractivity contribution is -0.345. The van der Waals surface area contributed by atoms with Gasteiger partial charge in [0.15, 0.2) is 18.7 Å². The quantitative estimate of drug-likeness (QED) is 0.0297. The van der Waals surface area contributed by atoms with Crippen molar-refractivity contribution in [2.45, 2.75) is 187 Å². The molecule has 3 aliphatic carbocycles. The molecule has 6 aliphatic rings. The lowest BCUT2D eigenvalue weighted by Crippen LogP contribution is -2.64. The van der Waals surface area contributed by atoms with Crippen LogP contribution in [0, 0.1) is 17.8 Å². The number of aliphatic carboxylic acids is 2. The van der Waals surface area contributed by atoms with E-state index in [0.717, 1.165) is 6.08 Å². The molecule has 0 aromatic carbocycles. The number of hydrogen-bond acceptors (Lipinski definition) is 24. The summed E-state index contributed by atoms with van der Waals surface area (Å²) in [6.45, 7) is -1.52. The summed E-state index contributed by atoms with van der Waals surface area (Å²) in [4.78, 5) is 59.4. The van der Waals surface area contributed by atoms with Gasteiger partial charge in [0.1, 0.15) is 74.9 Å². The Morgan fingerprint density at radius 1 is 0.544 bits per heavy atom. The van der Waals surface area contributed by atoms with Gasteiger partial charge in [0.2, 0.25) is 0 Å². The van der Waals surface area contributed by atoms with Crippen molar-refractivity contribution in [1.29, 1.82) is 0 Å². The third-order valence-corrected chi connectivity index (χ3v) is 13.4. The molecular weight excluding hydrogens is 920 g/mol. The van der Waals surface area contributed by atoms with Gasteiger partial charge in [-0.3, -0.25) is 19.2 Å². The summed E-state index contributed by atoms with van der Waals surface area (Å²) in [7, 11) is 0. The number of carboxylic acid groups (broad SMARTS) is 2. The predicted molar refractivity (Wildman–Crippen MR) is 215 cm³/mol. The molecule has 3 saturated carbocycles. The minimum Gasteiger partial charge on any atom is -0.481 e. The third kappa shape index (κ3) is 13.4. The van der Waals surface area contributed by atoms with Gasteiger partial charge in [-0.1, -0.05) is 6.08 Å². The topological polar surface area (TPSA) is 422 Å². The number of aliphatic hydroxyl groups is 11. The number of fused-ring (bicyclic) bond motifs is 1. The molecule has 0 aromatic heterocycles. The van der Waals surface area contributed by atoms with Gasteiger partial charge < -0.3 is 104 Å². The van der Waals surface area contributed by atoms with Crippen molar-refractivity contribution in [3.8, 4) is 0 Å². The molecule has 26 heteroatoms. The van der Waals surface area contributed by atoms with Gasteiger partial charge in [-0.2, -0.15) is 0 Å². The van der Waals surface area contributed by atoms with E-state index in [-0.39, 0.29) is 44.4 Å². The molecule has 0 radical (unpaired) electrons. The highest BCUT2D eigenvalue weighted by Gasteiger charge is 2.55. The third-order valence-electron chi connectivity index (χ3n) is 13.4. The molecule has 26 nitrogen and oxygen atoms in total. The van der Waals surface area contributed by atoms with Crippen LogP contribution in [0.5, 0.6) is 0 Å². The molecule has 3 saturated heterocycles. The number of allylic oxidation sites excluding steroid dienone is 1. The van der Waals surface area contributed by atoms with Crippen LogP contribution in [0.15, 0.2) is 12.2 Å². The smallest absolute Gasteiger partial charge is 0.330 e. The van der Waals surface area contributed by atoms with E-state index in [0.29, 0.717) is 12.8 Å². The molecule has 3 heterocycles. The van der Waals surface area contributed by atoms with Crippen LogP contribution in [0.1, 0.15) is 64.2 Å². The molecule has 68 heavy (non-hydrogen) atoms. The van der Waals surface area contributed by atoms with Crippen molar-refractivity contribution in [2.75, 3.05) is 13.2 Å². The fourth-order valence-corrected chi connectivity index (χ4v) is 9.84. The summed E-state index contributed by atoms with van der Waals surface area (Å²) in [5.41, 5.74) is 0. The van der Waals surface area contributed by atoms with Gasteiger partial charge in [0, 0.05) is 18.4 Å². The van der Waals surface area contributed by atoms with E-state index in [4.69, 9.17) is 48.1 Å². The molecule has 0 bridgehead atoms. The second-order valence-electron chi connectivity index (χ2n) is 18.4. The van der Waals surface area contributed by atoms with Crippen LogP contribution in [0.3, 0.4) is 0 Å². The van der Waals surface area contributed by atoms with E-state index in [1.165, 1.54) is 6.08 Å². The number of carbonyl (C=O) groups excluding carboxylic acids is 3. The number of esters is 3. The lowest BCUT2D eigenvalue weighted by Gasteiger charge is -2.53. The molecule has 0 amide bonds. The monoisotopic (exact) mass is 982 g/mol. The molecular formula is C42H62O26. The zero-order valence-electron chi connectivity index (χ0n) is 36.5. The van der Waals surface area contributed by atoms with Gasteiger partial charge in [0.25, 0.3) is 0 Å². The number of aliphatic hydroxyl groups excluding tert-OH is 11. The number of carbonyl (C=O) groups is 5. The maximum absolute atomic E-state index is 12.7. The summed E-state index contributed by atoms with van der Waals surface area (Å²) in [6.07, 6.45) is -29.3. The van der Waals surface area contributed by atoms with Crippen LogP contribution in [0.2, 0.25) is 0 Å². The average Bonchev–Trinajstić information content (AvgIpc) is 3.26. The van der Waals surface area contributed by atoms with Crippen LogP contribution < -0.4 is 0 Å². The minimum absolute atomic E-state index is 0.0205. The summed E-state index contributed by atoms with van der Waals surface area (Å²) < 4.78 is 46.1. The van der Waals surface area contributed by atoms with Crippen molar-refractivity contribution in [3.05, 3.63) is 12.2 Å². The van der Waals surface area contributed by atoms with Crippen molar-refractivity contribution >= 4 is 29.8 Å². The first-order valence-corrected chi connectivity index (χ1v) is 22.5. The Kier molecular flexibility index (Phi) is 18.7. The Bertz CT molecular complexity index is 1750. The van der Waals surface area contributed by atoms with E-state index in [9.17, 15) is 80.1 Å². The van der Waals surface area contributed by atoms with Crippen molar-refractivity contribution in [1.82, 2.24) is 0 Å². The van der Waals surface area contributed by atoms with E-state index in [2.05, 4.69) is 0 Å². The fraction of sp³-hybridized carbons (Fsp3) is 0.833. The minimum atomic E-state index is -2.09. The Balaban J connectivity index is 1.20. The molecule has 0 aromatic rings. The van der Waals surface area contributed by atoms with Crippen LogP contribution in [-0.2, 0) is 61.9 Å². The molecule has 3 aliphatic heterocycles. The van der Waals surface area contributed by atoms with Gasteiger partial charge in [-0.05, 0) is 56.8 Å². The van der Waals surface area contributed by atoms with Crippen LogP contribution in [-0.4, -0.2) is 232 Å². The van der Waals surface area contributed by atoms with Gasteiger partial charge in [-0.15, -0.1) is 0 Å². The second kappa shape index (κ2) is 23.6. The Labute approximate surface area is 387 Å². The molecule has 6 rings (SSSR count). The van der Waals surface area contributed by atoms with Crippen LogP contribution in [0.25, 0.3) is 0 Å². The first kappa shape index (κ1) is 53.8. The van der Waals surface area contributed by atoms with E-state index in [1.54, 1.807) is 0 Å². The van der Waals surface area contributed by atoms with Gasteiger partial charge in [0.05, 0.1) is 54.9 Å². The number of carboxylic acids is 2. The molecule has 386 valence electrons. The average molecular weight is 983 g/mol. The zero-order valence-corrected chi connectivity index (χ0v) is 36.5. The summed E-state index contributed by atoms with van der Waals surface area (Å²) in [5.74, 6) is -8.49. The summed E-state index contributed by atoms with van der Waals surface area (Å²) >= 11 is 0. The largest absolute Gasteiger partial charge is 0.481 e. The fourth-order valence-electron chi connectivity index (χ4n) is 9.84. The van der Waals surface area contributed by atoms with Crippen molar-refractivity contribution in [3.63, 3.8) is 0 Å². The van der Waals surface area contributed by atoms with Crippen molar-refractivity contribution < 1.29 is 128 Å². The number of rotatable bonds is 16. The van der Waals surface area contributed by atoms with Crippen molar-refractivity contribution in [2.24, 2.45) is 17.8 Å². The number of ether oxygens (including phenoxy) is 8. The molecule has 13 N–H and O–H groups in total. The standard InChI is InChI=1S/C42H62O26/c43-17-8-23-18(24(9-17)64-42-38(60)36(58)40(68-32(54)12-29(50)51)27(67-42)14-62-31(53)11-28(48)49)10-25(39(63-23)16-6-21(46)33(55)22(47)7-16)65-41-37(59)35(57)34(56)26(66-41)13-61-30(52)4-2-15-1-3-19(44)20(45)5-15/h2,4,15-27,33-47,55-60H,1,3,5-14H2,(H,48,49)(H,50,51)/t15?,16?,17?,18?,19?,20?,21?,22?,23?,24?,25?,26-,27-,33?,34-,35-,36-,37-,38-,39?,40-,41-,42-/m0/s1. The first-order valence-electron chi connectivity index (χ1n) is 22.5. The summed E-state index contributed by atoms with van der Waals surface area (Å²) in [5, 5.41) is 136. The highest BCUT2D eigenvalue weighted by molar-refractivity contribution is 5.90. The van der Waals surface area contributed by atoms with Crippen LogP contribution >= 0.6 is 0 Å². The molecule has 0 spiro atoms. The normalized spacial score (nSPS) is 44.3. The van der Waals surface area contributed by atoms with Gasteiger partial charge >= 0.3 is 29.8 Å². The zero-order chi connectivity index (χ0) is 49.7. The van der Waals surface area contributed by atoms with Gasteiger partial charge in [-0.25, -0.2) is 4.79 Å². The molecule has 6 fully saturated rings. The highest BCUT2D eigenvalue weighted by Crippen LogP contribution is 2.45. The first-order chi connectivity index (χ1) is 32.1. The van der Waals surface area contributed by atoms with E-state index in [1.807, 2.05) is 0 Å². The second-order valence-corrected chi connectivity index (χ2v) is 18.4. The van der Waals surface area contributed by atoms with E-state index >= 15 is 0 Å². The Morgan fingerprint density at radius 2 is 1.15 bits per heavy atom. The predicted octanol–water partition coefficient (Wildman–Crippen LogP) is -5.54. The Hall–Kier alpha value is -3.55. The van der Waals surface area contributed by atoms with E-state index < -0.39 is 190 Å². The molecule has 21 atom stereocenters. The summed E-state index contributed by atoms with van der Waals surface area (Å²) in [6, 6.07) is 0.